The van der Waals surface area contributed by atoms with Crippen LogP contribution in [-0.2, 0) is 4.74 Å². The molecule has 0 aromatic heterocycles. The second-order valence-electron chi connectivity index (χ2n) is 3.40. The van der Waals surface area contributed by atoms with Crippen molar-refractivity contribution in [1.82, 2.24) is 0 Å². The van der Waals surface area contributed by atoms with Crippen LogP contribution in [0.4, 0.5) is 0 Å². The normalized spacial score (nSPS) is 12.7. The fourth-order valence-electron chi connectivity index (χ4n) is 1.53. The zero-order valence-corrected chi connectivity index (χ0v) is 8.94. The van der Waals surface area contributed by atoms with E-state index in [0.717, 1.165) is 11.1 Å². The molecule has 0 saturated heterocycles. The van der Waals surface area contributed by atoms with Crippen LogP contribution in [0.15, 0.2) is 42.5 Å². The Kier molecular flexibility index (Phi) is 2.88. The summed E-state index contributed by atoms with van der Waals surface area (Å²) in [5.41, 5.74) is 0. The zero-order valence-electron chi connectivity index (χ0n) is 8.94. The first-order valence-corrected chi connectivity index (χ1v) is 4.98. The van der Waals surface area contributed by atoms with E-state index in [2.05, 4.69) is 12.1 Å². The first-order valence-electron chi connectivity index (χ1n) is 4.98. The van der Waals surface area contributed by atoms with Crippen molar-refractivity contribution in [2.45, 2.75) is 13.2 Å². The molecule has 15 heavy (non-hydrogen) atoms. The van der Waals surface area contributed by atoms with E-state index in [4.69, 9.17) is 9.47 Å². The van der Waals surface area contributed by atoms with Gasteiger partial charge >= 0.3 is 0 Å². The van der Waals surface area contributed by atoms with Gasteiger partial charge in [0.1, 0.15) is 5.75 Å². The summed E-state index contributed by atoms with van der Waals surface area (Å²) < 4.78 is 10.7. The van der Waals surface area contributed by atoms with Gasteiger partial charge in [0.05, 0.1) is 0 Å². The van der Waals surface area contributed by atoms with Crippen LogP contribution in [0, 0.1) is 0 Å². The minimum Gasteiger partial charge on any atom is -0.465 e. The van der Waals surface area contributed by atoms with Gasteiger partial charge < -0.3 is 9.47 Å². The highest BCUT2D eigenvalue weighted by atomic mass is 16.7. The molecule has 2 aromatic rings. The first kappa shape index (κ1) is 9.99. The molecule has 1 atom stereocenters. The summed E-state index contributed by atoms with van der Waals surface area (Å²) in [6.07, 6.45) is -0.226. The molecule has 1 unspecified atom stereocenters. The van der Waals surface area contributed by atoms with Crippen molar-refractivity contribution in [3.05, 3.63) is 42.5 Å². The Morgan fingerprint density at radius 3 is 2.53 bits per heavy atom. The minimum absolute atomic E-state index is 0.226. The Morgan fingerprint density at radius 1 is 1.00 bits per heavy atom. The lowest BCUT2D eigenvalue weighted by atomic mass is 10.1. The number of rotatable bonds is 3. The van der Waals surface area contributed by atoms with Crippen LogP contribution in [0.3, 0.4) is 0 Å². The predicted molar refractivity (Wildman–Crippen MR) is 61.0 cm³/mol. The van der Waals surface area contributed by atoms with Gasteiger partial charge in [0.2, 0.25) is 0 Å². The summed E-state index contributed by atoms with van der Waals surface area (Å²) >= 11 is 0. The fraction of sp³-hybridized carbons (Fsp3) is 0.231. The minimum atomic E-state index is -0.226. The molecule has 0 saturated carbocycles. The Bertz CT molecular complexity index is 446. The summed E-state index contributed by atoms with van der Waals surface area (Å²) in [7, 11) is 1.63. The molecule has 0 aliphatic heterocycles. The molecule has 0 heterocycles. The molecule has 2 aromatic carbocycles. The molecule has 0 fully saturated rings. The van der Waals surface area contributed by atoms with E-state index in [1.54, 1.807) is 7.11 Å². The second kappa shape index (κ2) is 4.32. The molecule has 0 aliphatic carbocycles. The molecule has 0 N–H and O–H groups in total. The van der Waals surface area contributed by atoms with Crippen molar-refractivity contribution in [3.63, 3.8) is 0 Å². The van der Waals surface area contributed by atoms with Gasteiger partial charge in [0.15, 0.2) is 6.29 Å². The van der Waals surface area contributed by atoms with Crippen LogP contribution in [0.25, 0.3) is 10.8 Å². The summed E-state index contributed by atoms with van der Waals surface area (Å²) in [6.45, 7) is 1.88. The van der Waals surface area contributed by atoms with Gasteiger partial charge in [0, 0.05) is 12.5 Å². The maximum atomic E-state index is 5.65. The topological polar surface area (TPSA) is 18.5 Å². The van der Waals surface area contributed by atoms with Crippen LogP contribution in [0.2, 0.25) is 0 Å². The van der Waals surface area contributed by atoms with Gasteiger partial charge in [-0.05, 0) is 18.4 Å². The molecule has 0 spiro atoms. The fourth-order valence-corrected chi connectivity index (χ4v) is 1.53. The van der Waals surface area contributed by atoms with Crippen molar-refractivity contribution in [3.8, 4) is 5.75 Å². The van der Waals surface area contributed by atoms with Gasteiger partial charge in [-0.2, -0.15) is 0 Å². The molecule has 0 radical (unpaired) electrons. The number of methoxy groups -OCH3 is 1. The lowest BCUT2D eigenvalue weighted by molar-refractivity contribution is -0.0373. The molecule has 78 valence electrons. The first-order chi connectivity index (χ1) is 7.31. The van der Waals surface area contributed by atoms with Crippen LogP contribution < -0.4 is 4.74 Å². The van der Waals surface area contributed by atoms with E-state index in [9.17, 15) is 0 Å². The molecular weight excluding hydrogens is 188 g/mol. The van der Waals surface area contributed by atoms with Crippen LogP contribution in [-0.4, -0.2) is 13.4 Å². The number of ether oxygens (including phenoxy) is 2. The Hall–Kier alpha value is -1.54. The van der Waals surface area contributed by atoms with Crippen LogP contribution in [0.5, 0.6) is 5.75 Å². The van der Waals surface area contributed by atoms with Crippen molar-refractivity contribution in [2.75, 3.05) is 7.11 Å². The van der Waals surface area contributed by atoms with Gasteiger partial charge in [-0.3, -0.25) is 0 Å². The van der Waals surface area contributed by atoms with Crippen molar-refractivity contribution >= 4 is 10.8 Å². The quantitative estimate of drug-likeness (QED) is 0.711. The Labute approximate surface area is 89.4 Å². The third kappa shape index (κ3) is 2.10. The molecular formula is C13H14O2. The van der Waals surface area contributed by atoms with E-state index in [1.807, 2.05) is 37.3 Å². The average Bonchev–Trinajstić information content (AvgIpc) is 2.29. The highest BCUT2D eigenvalue weighted by Gasteiger charge is 2.04. The van der Waals surface area contributed by atoms with Gasteiger partial charge in [-0.25, -0.2) is 0 Å². The lowest BCUT2D eigenvalue weighted by Gasteiger charge is -2.14. The van der Waals surface area contributed by atoms with Crippen molar-refractivity contribution < 1.29 is 9.47 Å². The standard InChI is InChI=1S/C13H14O2/c1-10(14-2)15-13-9-5-7-11-6-3-4-8-12(11)13/h3-10H,1-2H3. The number of fused-ring (bicyclic) bond motifs is 1. The third-order valence-corrected chi connectivity index (χ3v) is 2.37. The van der Waals surface area contributed by atoms with Gasteiger partial charge in [0.25, 0.3) is 0 Å². The van der Waals surface area contributed by atoms with Gasteiger partial charge in [-0.15, -0.1) is 0 Å². The van der Waals surface area contributed by atoms with E-state index in [0.29, 0.717) is 0 Å². The van der Waals surface area contributed by atoms with E-state index in [-0.39, 0.29) is 6.29 Å². The summed E-state index contributed by atoms with van der Waals surface area (Å²) in [5, 5.41) is 2.29. The van der Waals surface area contributed by atoms with E-state index >= 15 is 0 Å². The lowest BCUT2D eigenvalue weighted by Crippen LogP contribution is -2.13. The molecule has 2 nitrogen and oxygen atoms in total. The monoisotopic (exact) mass is 202 g/mol. The molecule has 2 heteroatoms. The Morgan fingerprint density at radius 2 is 1.73 bits per heavy atom. The summed E-state index contributed by atoms with van der Waals surface area (Å²) in [6, 6.07) is 14.2. The maximum absolute atomic E-state index is 5.65. The smallest absolute Gasteiger partial charge is 0.196 e. The van der Waals surface area contributed by atoms with Crippen molar-refractivity contribution in [1.29, 1.82) is 0 Å². The zero-order chi connectivity index (χ0) is 10.7. The Balaban J connectivity index is 2.42. The summed E-state index contributed by atoms with van der Waals surface area (Å²) in [4.78, 5) is 0. The van der Waals surface area contributed by atoms with E-state index < -0.39 is 0 Å². The molecule has 0 amide bonds. The number of benzene rings is 2. The predicted octanol–water partition coefficient (Wildman–Crippen LogP) is 3.21. The van der Waals surface area contributed by atoms with Crippen LogP contribution >= 0.6 is 0 Å². The molecule has 0 aliphatic rings. The second-order valence-corrected chi connectivity index (χ2v) is 3.40. The highest BCUT2D eigenvalue weighted by Crippen LogP contribution is 2.25. The van der Waals surface area contributed by atoms with Gasteiger partial charge in [-0.1, -0.05) is 36.4 Å². The summed E-state index contributed by atoms with van der Waals surface area (Å²) in [5.74, 6) is 0.863. The maximum Gasteiger partial charge on any atom is 0.196 e. The molecule has 0 bridgehead atoms. The number of hydrogen-bond acceptors (Lipinski definition) is 2. The average molecular weight is 202 g/mol. The number of hydrogen-bond donors (Lipinski definition) is 0. The van der Waals surface area contributed by atoms with Crippen molar-refractivity contribution in [2.24, 2.45) is 0 Å². The third-order valence-electron chi connectivity index (χ3n) is 2.37. The van der Waals surface area contributed by atoms with Crippen LogP contribution in [0.1, 0.15) is 6.92 Å². The highest BCUT2D eigenvalue weighted by molar-refractivity contribution is 5.88. The molecule has 2 rings (SSSR count). The largest absolute Gasteiger partial charge is 0.465 e. The van der Waals surface area contributed by atoms with E-state index in [1.165, 1.54) is 5.39 Å². The SMILES string of the molecule is COC(C)Oc1cccc2ccccc12.